The molecular weight excluding hydrogens is 272 g/mol. The predicted octanol–water partition coefficient (Wildman–Crippen LogP) is 2.21. The van der Waals surface area contributed by atoms with Crippen LogP contribution >= 0.6 is 0 Å². The van der Waals surface area contributed by atoms with Crippen LogP contribution in [0.4, 0.5) is 5.69 Å². The number of benzene rings is 1. The molecule has 1 atom stereocenters. The number of carbonyl (C=O) groups is 2. The van der Waals surface area contributed by atoms with Gasteiger partial charge in [0.1, 0.15) is 0 Å². The van der Waals surface area contributed by atoms with Gasteiger partial charge in [0.2, 0.25) is 5.91 Å². The fourth-order valence-corrected chi connectivity index (χ4v) is 3.02. The average molecular weight is 286 g/mol. The molecule has 1 N–H and O–H groups in total. The summed E-state index contributed by atoms with van der Waals surface area (Å²) in [5, 5.41) is 13.5. The zero-order valence-corrected chi connectivity index (χ0v) is 11.3. The second-order valence-electron chi connectivity index (χ2n) is 5.32. The van der Waals surface area contributed by atoms with Gasteiger partial charge in [-0.1, -0.05) is 12.1 Å². The van der Waals surface area contributed by atoms with E-state index in [0.717, 1.165) is 17.7 Å². The van der Waals surface area contributed by atoms with Crippen LogP contribution in [0.2, 0.25) is 0 Å². The summed E-state index contributed by atoms with van der Waals surface area (Å²) in [6, 6.07) is 6.09. The summed E-state index contributed by atoms with van der Waals surface area (Å²) in [5.74, 6) is -0.325. The number of nitro groups is 1. The maximum atomic E-state index is 12.2. The van der Waals surface area contributed by atoms with E-state index in [9.17, 15) is 19.7 Å². The fraction of sp³-hybridized carbons (Fsp3) is 0.333. The summed E-state index contributed by atoms with van der Waals surface area (Å²) >= 11 is 0. The SMILES string of the molecule is O=C1CC(c2ccc([N+](=O)[O-])cc2)C2=C(CCCC2=O)N1. The zero-order chi connectivity index (χ0) is 15.0. The van der Waals surface area contributed by atoms with Gasteiger partial charge in [0.05, 0.1) is 4.92 Å². The number of nitro benzene ring substituents is 1. The molecule has 0 bridgehead atoms. The van der Waals surface area contributed by atoms with Crippen molar-refractivity contribution in [2.75, 3.05) is 0 Å². The van der Waals surface area contributed by atoms with Gasteiger partial charge in [-0.15, -0.1) is 0 Å². The van der Waals surface area contributed by atoms with Crippen LogP contribution in [0.3, 0.4) is 0 Å². The third-order valence-corrected chi connectivity index (χ3v) is 3.99. The van der Waals surface area contributed by atoms with E-state index in [1.165, 1.54) is 12.1 Å². The van der Waals surface area contributed by atoms with E-state index in [0.29, 0.717) is 18.4 Å². The first-order valence-electron chi connectivity index (χ1n) is 6.86. The van der Waals surface area contributed by atoms with E-state index in [4.69, 9.17) is 0 Å². The first-order valence-corrected chi connectivity index (χ1v) is 6.86. The highest BCUT2D eigenvalue weighted by molar-refractivity contribution is 6.01. The van der Waals surface area contributed by atoms with Crippen molar-refractivity contribution in [3.05, 3.63) is 51.2 Å². The van der Waals surface area contributed by atoms with Crippen molar-refractivity contribution in [3.8, 4) is 0 Å². The van der Waals surface area contributed by atoms with Crippen molar-refractivity contribution >= 4 is 17.4 Å². The van der Waals surface area contributed by atoms with Crippen molar-refractivity contribution in [3.63, 3.8) is 0 Å². The van der Waals surface area contributed by atoms with Gasteiger partial charge in [0.15, 0.2) is 5.78 Å². The molecule has 6 nitrogen and oxygen atoms in total. The number of nitrogens with zero attached hydrogens (tertiary/aromatic N) is 1. The lowest BCUT2D eigenvalue weighted by atomic mass is 9.78. The van der Waals surface area contributed by atoms with Gasteiger partial charge >= 0.3 is 0 Å². The smallest absolute Gasteiger partial charge is 0.269 e. The molecular formula is C15H14N2O4. The van der Waals surface area contributed by atoms with Crippen molar-refractivity contribution < 1.29 is 14.5 Å². The molecule has 108 valence electrons. The second-order valence-corrected chi connectivity index (χ2v) is 5.32. The molecule has 0 saturated heterocycles. The molecule has 1 aliphatic heterocycles. The number of ketones is 1. The first kappa shape index (κ1) is 13.5. The van der Waals surface area contributed by atoms with Crippen molar-refractivity contribution in [1.82, 2.24) is 5.32 Å². The number of non-ortho nitro benzene ring substituents is 1. The van der Waals surface area contributed by atoms with Crippen LogP contribution < -0.4 is 5.32 Å². The maximum Gasteiger partial charge on any atom is 0.269 e. The van der Waals surface area contributed by atoms with E-state index in [2.05, 4.69) is 5.32 Å². The van der Waals surface area contributed by atoms with E-state index < -0.39 is 4.92 Å². The Hall–Kier alpha value is -2.50. The normalized spacial score (nSPS) is 21.8. The van der Waals surface area contributed by atoms with Crippen molar-refractivity contribution in [1.29, 1.82) is 0 Å². The van der Waals surface area contributed by atoms with E-state index in [-0.39, 0.29) is 29.7 Å². The Kier molecular flexibility index (Phi) is 3.29. The topological polar surface area (TPSA) is 89.3 Å². The Labute approximate surface area is 121 Å². The Morgan fingerprint density at radius 1 is 1.14 bits per heavy atom. The summed E-state index contributed by atoms with van der Waals surface area (Å²) in [4.78, 5) is 34.2. The number of allylic oxidation sites excluding steroid dienone is 2. The molecule has 0 spiro atoms. The quantitative estimate of drug-likeness (QED) is 0.666. The third kappa shape index (κ3) is 2.44. The number of carbonyl (C=O) groups excluding carboxylic acids is 2. The van der Waals surface area contributed by atoms with Crippen LogP contribution in [0.1, 0.15) is 37.2 Å². The molecule has 1 unspecified atom stereocenters. The molecule has 21 heavy (non-hydrogen) atoms. The summed E-state index contributed by atoms with van der Waals surface area (Å²) in [7, 11) is 0. The minimum absolute atomic E-state index is 0.00295. The Morgan fingerprint density at radius 3 is 2.52 bits per heavy atom. The standard InChI is InChI=1S/C15H14N2O4/c18-13-3-1-2-12-15(13)11(8-14(19)16-12)9-4-6-10(7-5-9)17(20)21/h4-7,11H,1-3,8H2,(H,16,19). The highest BCUT2D eigenvalue weighted by Crippen LogP contribution is 2.38. The first-order chi connectivity index (χ1) is 10.1. The number of amides is 1. The Bertz CT molecular complexity index is 661. The van der Waals surface area contributed by atoms with Crippen LogP contribution in [0, 0.1) is 10.1 Å². The summed E-state index contributed by atoms with van der Waals surface area (Å²) < 4.78 is 0. The lowest BCUT2D eigenvalue weighted by Gasteiger charge is -2.31. The molecule has 1 heterocycles. The van der Waals surface area contributed by atoms with Gasteiger partial charge < -0.3 is 5.32 Å². The molecule has 3 rings (SSSR count). The highest BCUT2D eigenvalue weighted by atomic mass is 16.6. The molecule has 1 aliphatic carbocycles. The minimum atomic E-state index is -0.464. The molecule has 0 fully saturated rings. The average Bonchev–Trinajstić information content (AvgIpc) is 2.46. The van der Waals surface area contributed by atoms with E-state index in [1.807, 2.05) is 0 Å². The third-order valence-electron chi connectivity index (χ3n) is 3.99. The van der Waals surface area contributed by atoms with Crippen LogP contribution in [0.5, 0.6) is 0 Å². The number of rotatable bonds is 2. The van der Waals surface area contributed by atoms with Gasteiger partial charge in [-0.05, 0) is 18.4 Å². The molecule has 1 aromatic rings. The highest BCUT2D eigenvalue weighted by Gasteiger charge is 2.34. The summed E-state index contributed by atoms with van der Waals surface area (Å²) in [6.45, 7) is 0. The van der Waals surface area contributed by atoms with Gasteiger partial charge in [0, 0.05) is 42.2 Å². The van der Waals surface area contributed by atoms with E-state index in [1.54, 1.807) is 12.1 Å². The van der Waals surface area contributed by atoms with Crippen LogP contribution in [0.25, 0.3) is 0 Å². The largest absolute Gasteiger partial charge is 0.329 e. The Balaban J connectivity index is 2.01. The minimum Gasteiger partial charge on any atom is -0.329 e. The van der Waals surface area contributed by atoms with Crippen LogP contribution in [0.15, 0.2) is 35.5 Å². The number of nitrogens with one attached hydrogen (secondary N) is 1. The molecule has 1 aromatic carbocycles. The molecule has 6 heteroatoms. The van der Waals surface area contributed by atoms with Crippen LogP contribution in [-0.2, 0) is 9.59 Å². The maximum absolute atomic E-state index is 12.2. The fourth-order valence-electron chi connectivity index (χ4n) is 3.02. The summed E-state index contributed by atoms with van der Waals surface area (Å²) in [6.07, 6.45) is 2.17. The number of hydrogen-bond acceptors (Lipinski definition) is 4. The van der Waals surface area contributed by atoms with Crippen molar-refractivity contribution in [2.45, 2.75) is 31.6 Å². The molecule has 0 aromatic heterocycles. The molecule has 0 radical (unpaired) electrons. The number of hydrogen-bond donors (Lipinski definition) is 1. The lowest BCUT2D eigenvalue weighted by Crippen LogP contribution is -2.36. The van der Waals surface area contributed by atoms with Gasteiger partial charge in [-0.3, -0.25) is 19.7 Å². The van der Waals surface area contributed by atoms with Gasteiger partial charge in [0.25, 0.3) is 5.69 Å². The van der Waals surface area contributed by atoms with E-state index >= 15 is 0 Å². The zero-order valence-electron chi connectivity index (χ0n) is 11.3. The van der Waals surface area contributed by atoms with Gasteiger partial charge in [-0.25, -0.2) is 0 Å². The second kappa shape index (κ2) is 5.12. The number of Topliss-reactive ketones (excluding diaryl/α,β-unsaturated/α-hetero) is 1. The Morgan fingerprint density at radius 2 is 1.86 bits per heavy atom. The predicted molar refractivity (Wildman–Crippen MR) is 74.5 cm³/mol. The molecule has 1 amide bonds. The van der Waals surface area contributed by atoms with Gasteiger partial charge in [-0.2, -0.15) is 0 Å². The molecule has 2 aliphatic rings. The molecule has 0 saturated carbocycles. The van der Waals surface area contributed by atoms with Crippen molar-refractivity contribution in [2.24, 2.45) is 0 Å². The lowest BCUT2D eigenvalue weighted by molar-refractivity contribution is -0.384. The summed E-state index contributed by atoms with van der Waals surface area (Å²) in [5.41, 5.74) is 2.18. The monoisotopic (exact) mass is 286 g/mol. The van der Waals surface area contributed by atoms with Crippen LogP contribution in [-0.4, -0.2) is 16.6 Å².